The summed E-state index contributed by atoms with van der Waals surface area (Å²) in [4.78, 5) is 5.26. The first kappa shape index (κ1) is 40.4. The van der Waals surface area contributed by atoms with Gasteiger partial charge in [-0.05, 0) is 56.9 Å². The summed E-state index contributed by atoms with van der Waals surface area (Å²) in [5, 5.41) is 4.49. The van der Waals surface area contributed by atoms with E-state index in [0.717, 1.165) is 86.5 Å². The monoisotopic (exact) mass is 971 g/mol. The quantitative estimate of drug-likeness (QED) is 0.112. The molecule has 0 amide bonds. The SMILES string of the molecule is [C-]1=CCC[C-]=CCC1.[Ir+3].c1ccc(CC(Cc2ccccc2)(O[PH+]2Oc3ccc4ccccc4c3-c3c(ccc4ccccc34)O2)C2COC(c3ccccc3)=N2)cc1. The van der Waals surface area contributed by atoms with Crippen molar-refractivity contribution in [3.8, 4) is 22.6 Å². The second-order valence-electron chi connectivity index (χ2n) is 14.8. The minimum Gasteiger partial charge on any atom is -0.500 e. The molecular formula is C52H45IrNO4P+2. The van der Waals surface area contributed by atoms with Gasteiger partial charge in [-0.15, -0.1) is 0 Å². The van der Waals surface area contributed by atoms with Crippen molar-refractivity contribution in [2.24, 2.45) is 4.99 Å². The normalized spacial score (nSPS) is 16.0. The fourth-order valence-corrected chi connectivity index (χ4v) is 9.46. The fraction of sp³-hybridized carbons (Fsp3) is 0.173. The molecule has 7 aromatic rings. The predicted octanol–water partition coefficient (Wildman–Crippen LogP) is 12.8. The molecule has 2 aliphatic heterocycles. The number of aliphatic imine (C=N–C) groups is 1. The van der Waals surface area contributed by atoms with Crippen LogP contribution < -0.4 is 9.05 Å². The average Bonchev–Trinajstić information content (AvgIpc) is 3.70. The van der Waals surface area contributed by atoms with Crippen LogP contribution in [0.15, 0.2) is 181 Å². The minimum atomic E-state index is -2.48. The van der Waals surface area contributed by atoms with Crippen molar-refractivity contribution in [1.29, 1.82) is 0 Å². The molecule has 0 radical (unpaired) electrons. The van der Waals surface area contributed by atoms with Gasteiger partial charge in [0.15, 0.2) is 17.1 Å². The van der Waals surface area contributed by atoms with Gasteiger partial charge in [0.2, 0.25) is 5.90 Å². The third-order valence-electron chi connectivity index (χ3n) is 10.8. The molecule has 5 nitrogen and oxygen atoms in total. The molecule has 0 saturated heterocycles. The van der Waals surface area contributed by atoms with Gasteiger partial charge in [-0.3, -0.25) is 21.2 Å². The standard InChI is InChI=1S/C44H35NO4P.C8H10.Ir/c1-4-14-31(15-5-1)28-44(29-32-16-6-2-7-17-32,40-30-46-43(45-40)35-20-8-3-9-21-35)49-50-47-38-26-24-33-18-10-12-22-36(33)41(38)42-37-23-13-11-19-34(37)25-27-39(42)48-50;1-2-4-6-8-7-5-3-1;/h1-27,40,50H,28-30H2;1,8H,2,4-5,7H2;/q+1;-2;+3. The Labute approximate surface area is 361 Å². The molecule has 0 N–H and O–H groups in total. The smallest absolute Gasteiger partial charge is 0.500 e. The summed E-state index contributed by atoms with van der Waals surface area (Å²) in [5.41, 5.74) is 4.39. The van der Waals surface area contributed by atoms with E-state index in [1.54, 1.807) is 0 Å². The summed E-state index contributed by atoms with van der Waals surface area (Å²) >= 11 is 0. The molecule has 0 saturated carbocycles. The van der Waals surface area contributed by atoms with Crippen molar-refractivity contribution >= 4 is 36.0 Å². The zero-order valence-electron chi connectivity index (χ0n) is 32.7. The fourth-order valence-electron chi connectivity index (χ4n) is 8.02. The number of hydrogen-bond donors (Lipinski definition) is 0. The third kappa shape index (κ3) is 9.28. The molecule has 7 aromatic carbocycles. The van der Waals surface area contributed by atoms with E-state index in [-0.39, 0.29) is 26.1 Å². The van der Waals surface area contributed by atoms with Crippen LogP contribution in [0, 0.1) is 12.2 Å². The Hall–Kier alpha value is -5.35. The van der Waals surface area contributed by atoms with Gasteiger partial charge < -0.3 is 16.9 Å². The summed E-state index contributed by atoms with van der Waals surface area (Å²) in [6.45, 7) is 0.376. The Morgan fingerprint density at radius 2 is 1.05 bits per heavy atom. The molecule has 2 heterocycles. The molecule has 10 rings (SSSR count). The summed E-state index contributed by atoms with van der Waals surface area (Å²) in [6, 6.07) is 56.0. The van der Waals surface area contributed by atoms with E-state index in [0.29, 0.717) is 25.3 Å². The molecule has 1 unspecified atom stereocenters. The number of nitrogens with zero attached hydrogens (tertiary/aromatic N) is 1. The van der Waals surface area contributed by atoms with Gasteiger partial charge in [0, 0.05) is 29.5 Å². The molecule has 0 bridgehead atoms. The van der Waals surface area contributed by atoms with Crippen LogP contribution in [0.5, 0.6) is 11.5 Å². The first-order valence-electron chi connectivity index (χ1n) is 20.1. The largest absolute Gasteiger partial charge is 3.00 e. The maximum atomic E-state index is 7.44. The second-order valence-corrected chi connectivity index (χ2v) is 15.9. The number of rotatable bonds is 8. The van der Waals surface area contributed by atoms with Crippen LogP contribution in [-0.2, 0) is 42.2 Å². The van der Waals surface area contributed by atoms with Crippen molar-refractivity contribution in [2.75, 3.05) is 6.61 Å². The van der Waals surface area contributed by atoms with E-state index in [1.807, 2.05) is 42.5 Å². The molecule has 294 valence electrons. The van der Waals surface area contributed by atoms with Crippen LogP contribution in [0.2, 0.25) is 0 Å². The first-order chi connectivity index (χ1) is 28.7. The Kier molecular flexibility index (Phi) is 13.1. The Bertz CT molecular complexity index is 2420. The topological polar surface area (TPSA) is 49.3 Å². The van der Waals surface area contributed by atoms with Crippen molar-refractivity contribution in [2.45, 2.75) is 50.2 Å². The zero-order chi connectivity index (χ0) is 39.0. The maximum absolute atomic E-state index is 7.44. The number of fused-ring (bicyclic) bond motifs is 7. The molecule has 0 spiro atoms. The van der Waals surface area contributed by atoms with E-state index >= 15 is 0 Å². The molecule has 1 atom stereocenters. The van der Waals surface area contributed by atoms with E-state index in [1.165, 1.54) is 0 Å². The van der Waals surface area contributed by atoms with Crippen LogP contribution in [0.3, 0.4) is 0 Å². The van der Waals surface area contributed by atoms with Crippen LogP contribution in [0.4, 0.5) is 0 Å². The van der Waals surface area contributed by atoms with Crippen LogP contribution in [-0.4, -0.2) is 24.1 Å². The van der Waals surface area contributed by atoms with Gasteiger partial charge in [-0.1, -0.05) is 152 Å². The van der Waals surface area contributed by atoms with Gasteiger partial charge >= 0.3 is 28.7 Å². The summed E-state index contributed by atoms with van der Waals surface area (Å²) in [7, 11) is -2.48. The van der Waals surface area contributed by atoms with E-state index in [2.05, 4.69) is 146 Å². The number of allylic oxidation sites excluding steroid dienone is 4. The number of benzene rings is 7. The van der Waals surface area contributed by atoms with Crippen LogP contribution in [0.25, 0.3) is 32.7 Å². The van der Waals surface area contributed by atoms with Gasteiger partial charge in [0.25, 0.3) is 0 Å². The number of ether oxygens (including phenoxy) is 1. The Balaban J connectivity index is 0.000000484. The Morgan fingerprint density at radius 3 is 1.58 bits per heavy atom. The van der Waals surface area contributed by atoms with Gasteiger partial charge in [-0.25, -0.2) is 4.99 Å². The van der Waals surface area contributed by atoms with Crippen molar-refractivity contribution < 1.29 is 38.4 Å². The van der Waals surface area contributed by atoms with Crippen molar-refractivity contribution in [3.63, 3.8) is 0 Å². The van der Waals surface area contributed by atoms with E-state index in [4.69, 9.17) is 23.3 Å². The van der Waals surface area contributed by atoms with Crippen LogP contribution >= 0.6 is 8.60 Å². The van der Waals surface area contributed by atoms with E-state index < -0.39 is 14.2 Å². The minimum absolute atomic E-state index is 0. The van der Waals surface area contributed by atoms with Gasteiger partial charge in [0.05, 0.1) is 0 Å². The molecular weight excluding hydrogens is 926 g/mol. The Morgan fingerprint density at radius 1 is 0.576 bits per heavy atom. The number of hydrogen-bond acceptors (Lipinski definition) is 5. The third-order valence-corrected chi connectivity index (χ3v) is 12.2. The van der Waals surface area contributed by atoms with Crippen LogP contribution in [0.1, 0.15) is 42.4 Å². The summed E-state index contributed by atoms with van der Waals surface area (Å²) < 4.78 is 27.7. The average molecular weight is 971 g/mol. The van der Waals surface area contributed by atoms with Crippen molar-refractivity contribution in [3.05, 3.63) is 205 Å². The maximum Gasteiger partial charge on any atom is 3.00 e. The van der Waals surface area contributed by atoms with Gasteiger partial charge in [0.1, 0.15) is 12.6 Å². The molecule has 0 aromatic heterocycles. The molecule has 7 heteroatoms. The van der Waals surface area contributed by atoms with Gasteiger partial charge in [-0.2, -0.15) is 17.4 Å². The van der Waals surface area contributed by atoms with Crippen molar-refractivity contribution in [1.82, 2.24) is 0 Å². The first-order valence-corrected chi connectivity index (χ1v) is 21.3. The second kappa shape index (κ2) is 19.1. The molecule has 1 aliphatic carbocycles. The molecule has 0 fully saturated rings. The molecule has 3 aliphatic rings. The van der Waals surface area contributed by atoms with E-state index in [9.17, 15) is 0 Å². The predicted molar refractivity (Wildman–Crippen MR) is 237 cm³/mol. The zero-order valence-corrected chi connectivity index (χ0v) is 36.1. The molecule has 59 heavy (non-hydrogen) atoms. The summed E-state index contributed by atoms with van der Waals surface area (Å²) in [6.07, 6.45) is 16.2. The summed E-state index contributed by atoms with van der Waals surface area (Å²) in [5.74, 6) is 2.12.